The van der Waals surface area contributed by atoms with Crippen LogP contribution in [-0.2, 0) is 6.54 Å². The highest BCUT2D eigenvalue weighted by molar-refractivity contribution is 5.49. The average Bonchev–Trinajstić information content (AvgIpc) is 2.40. The number of anilines is 2. The van der Waals surface area contributed by atoms with E-state index in [-0.39, 0.29) is 0 Å². The second kappa shape index (κ2) is 5.35. The van der Waals surface area contributed by atoms with E-state index in [0.29, 0.717) is 18.1 Å². The zero-order chi connectivity index (χ0) is 13.0. The van der Waals surface area contributed by atoms with Gasteiger partial charge in [-0.25, -0.2) is 9.97 Å². The number of ether oxygens (including phenoxy) is 1. The summed E-state index contributed by atoms with van der Waals surface area (Å²) in [5.74, 6) is 1.41. The van der Waals surface area contributed by atoms with Crippen LogP contribution in [0.2, 0.25) is 0 Å². The molecule has 5 heteroatoms. The lowest BCUT2D eigenvalue weighted by Gasteiger charge is -2.08. The Morgan fingerprint density at radius 3 is 2.89 bits per heavy atom. The topological polar surface area (TPSA) is 73.1 Å². The molecule has 2 aromatic heterocycles. The molecule has 0 bridgehead atoms. The molecule has 0 aromatic carbocycles. The van der Waals surface area contributed by atoms with Crippen molar-refractivity contribution in [2.24, 2.45) is 0 Å². The number of nitrogen functional groups attached to an aromatic ring is 1. The van der Waals surface area contributed by atoms with Crippen LogP contribution >= 0.6 is 0 Å². The molecule has 0 amide bonds. The summed E-state index contributed by atoms with van der Waals surface area (Å²) in [4.78, 5) is 8.40. The number of methoxy groups -OCH3 is 1. The third-order valence-corrected chi connectivity index (χ3v) is 2.61. The van der Waals surface area contributed by atoms with Gasteiger partial charge in [-0.3, -0.25) is 0 Å². The lowest BCUT2D eigenvalue weighted by Crippen LogP contribution is -2.03. The normalized spacial score (nSPS) is 10.1. The van der Waals surface area contributed by atoms with Crippen molar-refractivity contribution in [1.29, 1.82) is 0 Å². The van der Waals surface area contributed by atoms with Crippen molar-refractivity contribution in [3.05, 3.63) is 41.7 Å². The maximum absolute atomic E-state index is 5.72. The molecular weight excluding hydrogens is 228 g/mol. The second-order valence-corrected chi connectivity index (χ2v) is 3.93. The zero-order valence-electron chi connectivity index (χ0n) is 10.5. The van der Waals surface area contributed by atoms with Gasteiger partial charge in [-0.05, 0) is 30.7 Å². The molecule has 0 spiro atoms. The van der Waals surface area contributed by atoms with E-state index >= 15 is 0 Å². The summed E-state index contributed by atoms with van der Waals surface area (Å²) in [6.07, 6.45) is 1.72. The van der Waals surface area contributed by atoms with E-state index in [9.17, 15) is 0 Å². The quantitative estimate of drug-likeness (QED) is 0.860. The monoisotopic (exact) mass is 244 g/mol. The molecule has 0 aliphatic carbocycles. The van der Waals surface area contributed by atoms with Gasteiger partial charge in [0.05, 0.1) is 18.5 Å². The van der Waals surface area contributed by atoms with E-state index in [1.165, 1.54) is 0 Å². The van der Waals surface area contributed by atoms with E-state index < -0.39 is 0 Å². The van der Waals surface area contributed by atoms with Gasteiger partial charge in [0.1, 0.15) is 5.82 Å². The fourth-order valence-corrected chi connectivity index (χ4v) is 1.53. The first kappa shape index (κ1) is 12.2. The fourth-order valence-electron chi connectivity index (χ4n) is 1.53. The van der Waals surface area contributed by atoms with Crippen LogP contribution in [0.15, 0.2) is 30.5 Å². The first-order valence-electron chi connectivity index (χ1n) is 5.65. The lowest BCUT2D eigenvalue weighted by atomic mass is 10.2. The Balaban J connectivity index is 2.04. The fraction of sp³-hybridized carbons (Fsp3) is 0.231. The molecule has 2 rings (SSSR count). The van der Waals surface area contributed by atoms with Crippen LogP contribution in [0.3, 0.4) is 0 Å². The summed E-state index contributed by atoms with van der Waals surface area (Å²) in [7, 11) is 1.60. The Bertz CT molecular complexity index is 542. The standard InChI is InChI=1S/C13H16N4O/c1-9-11(14)3-4-12(17-9)16-8-10-5-6-15-13(7-10)18-2/h3-7H,8,14H2,1-2H3,(H,16,17). The van der Waals surface area contributed by atoms with Crippen molar-refractivity contribution in [2.45, 2.75) is 13.5 Å². The first-order valence-corrected chi connectivity index (χ1v) is 5.65. The number of nitrogens with zero attached hydrogens (tertiary/aromatic N) is 2. The molecule has 18 heavy (non-hydrogen) atoms. The SMILES string of the molecule is COc1cc(CNc2ccc(N)c(C)n2)ccn1. The third-order valence-electron chi connectivity index (χ3n) is 2.61. The number of nitrogens with two attached hydrogens (primary N) is 1. The van der Waals surface area contributed by atoms with Crippen LogP contribution in [0.5, 0.6) is 5.88 Å². The summed E-state index contributed by atoms with van der Waals surface area (Å²) in [5, 5.41) is 3.23. The highest BCUT2D eigenvalue weighted by Crippen LogP contribution is 2.14. The molecule has 2 aromatic rings. The summed E-state index contributed by atoms with van der Waals surface area (Å²) in [6.45, 7) is 2.55. The Morgan fingerprint density at radius 1 is 1.33 bits per heavy atom. The number of hydrogen-bond acceptors (Lipinski definition) is 5. The zero-order valence-corrected chi connectivity index (χ0v) is 10.5. The van der Waals surface area contributed by atoms with Gasteiger partial charge in [-0.1, -0.05) is 0 Å². The van der Waals surface area contributed by atoms with Crippen molar-refractivity contribution < 1.29 is 4.74 Å². The average molecular weight is 244 g/mol. The minimum absolute atomic E-state index is 0.607. The Hall–Kier alpha value is -2.30. The Labute approximate surface area is 106 Å². The van der Waals surface area contributed by atoms with Crippen LogP contribution in [0.1, 0.15) is 11.3 Å². The summed E-state index contributed by atoms with van der Waals surface area (Å²) in [5.41, 5.74) is 8.33. The van der Waals surface area contributed by atoms with Gasteiger partial charge in [0.15, 0.2) is 0 Å². The smallest absolute Gasteiger partial charge is 0.213 e. The van der Waals surface area contributed by atoms with Crippen molar-refractivity contribution in [3.63, 3.8) is 0 Å². The highest BCUT2D eigenvalue weighted by Gasteiger charge is 2.00. The van der Waals surface area contributed by atoms with Crippen molar-refractivity contribution in [3.8, 4) is 5.88 Å². The molecule has 0 unspecified atom stereocenters. The molecule has 0 saturated heterocycles. The molecule has 0 radical (unpaired) electrons. The highest BCUT2D eigenvalue weighted by atomic mass is 16.5. The molecule has 0 aliphatic heterocycles. The molecule has 0 saturated carbocycles. The van der Waals surface area contributed by atoms with Gasteiger partial charge in [-0.15, -0.1) is 0 Å². The van der Waals surface area contributed by atoms with E-state index in [0.717, 1.165) is 17.1 Å². The summed E-state index contributed by atoms with van der Waals surface area (Å²) in [6, 6.07) is 7.52. The van der Waals surface area contributed by atoms with E-state index in [4.69, 9.17) is 10.5 Å². The van der Waals surface area contributed by atoms with Gasteiger partial charge in [0.2, 0.25) is 5.88 Å². The van der Waals surface area contributed by atoms with E-state index in [1.54, 1.807) is 13.3 Å². The molecule has 5 nitrogen and oxygen atoms in total. The molecule has 0 aliphatic rings. The number of pyridine rings is 2. The molecule has 3 N–H and O–H groups in total. The predicted molar refractivity (Wildman–Crippen MR) is 71.5 cm³/mol. The van der Waals surface area contributed by atoms with Crippen molar-refractivity contribution >= 4 is 11.5 Å². The van der Waals surface area contributed by atoms with Gasteiger partial charge in [0, 0.05) is 18.8 Å². The number of aromatic nitrogens is 2. The molecule has 0 atom stereocenters. The van der Waals surface area contributed by atoms with Gasteiger partial charge in [-0.2, -0.15) is 0 Å². The molecular formula is C13H16N4O. The molecule has 0 fully saturated rings. The van der Waals surface area contributed by atoms with E-state index in [2.05, 4.69) is 15.3 Å². The lowest BCUT2D eigenvalue weighted by molar-refractivity contribution is 0.397. The molecule has 94 valence electrons. The van der Waals surface area contributed by atoms with Crippen LogP contribution in [0, 0.1) is 6.92 Å². The van der Waals surface area contributed by atoms with Gasteiger partial charge >= 0.3 is 0 Å². The van der Waals surface area contributed by atoms with Gasteiger partial charge < -0.3 is 15.8 Å². The Morgan fingerprint density at radius 2 is 2.17 bits per heavy atom. The number of rotatable bonds is 4. The van der Waals surface area contributed by atoms with Crippen molar-refractivity contribution in [1.82, 2.24) is 9.97 Å². The second-order valence-electron chi connectivity index (χ2n) is 3.93. The maximum atomic E-state index is 5.72. The first-order chi connectivity index (χ1) is 8.69. The maximum Gasteiger partial charge on any atom is 0.213 e. The minimum Gasteiger partial charge on any atom is -0.481 e. The van der Waals surface area contributed by atoms with Crippen molar-refractivity contribution in [2.75, 3.05) is 18.2 Å². The third kappa shape index (κ3) is 2.88. The van der Waals surface area contributed by atoms with Crippen LogP contribution < -0.4 is 15.8 Å². The number of nitrogens with one attached hydrogen (secondary N) is 1. The van der Waals surface area contributed by atoms with Crippen LogP contribution in [0.4, 0.5) is 11.5 Å². The number of hydrogen-bond donors (Lipinski definition) is 2. The largest absolute Gasteiger partial charge is 0.481 e. The van der Waals surface area contributed by atoms with Gasteiger partial charge in [0.25, 0.3) is 0 Å². The summed E-state index contributed by atoms with van der Waals surface area (Å²) >= 11 is 0. The predicted octanol–water partition coefficient (Wildman–Crippen LogP) is 1.99. The summed E-state index contributed by atoms with van der Waals surface area (Å²) < 4.78 is 5.07. The van der Waals surface area contributed by atoms with E-state index in [1.807, 2.05) is 31.2 Å². The Kier molecular flexibility index (Phi) is 3.62. The number of aryl methyl sites for hydroxylation is 1. The molecule has 2 heterocycles. The van der Waals surface area contributed by atoms with Crippen LogP contribution in [-0.4, -0.2) is 17.1 Å². The minimum atomic E-state index is 0.607. The van der Waals surface area contributed by atoms with Crippen LogP contribution in [0.25, 0.3) is 0 Å².